The molecule has 1 amide bonds. The number of aromatic nitrogens is 2. The Morgan fingerprint density at radius 1 is 1.45 bits per heavy atom. The lowest BCUT2D eigenvalue weighted by atomic mass is 10.2. The molecule has 0 saturated carbocycles. The molecule has 0 aliphatic rings. The molecule has 20 heavy (non-hydrogen) atoms. The van der Waals surface area contributed by atoms with Gasteiger partial charge in [-0.05, 0) is 19.1 Å². The highest BCUT2D eigenvalue weighted by Gasteiger charge is 2.15. The summed E-state index contributed by atoms with van der Waals surface area (Å²) in [4.78, 5) is 29.7. The smallest absolute Gasteiger partial charge is 0.410 e. The summed E-state index contributed by atoms with van der Waals surface area (Å²) < 4.78 is 10.0. The maximum atomic E-state index is 11.4. The SMILES string of the molecule is CCOC(=O)c1cnc(-c2ccnc(NC(=O)O)c2)o1. The van der Waals surface area contributed by atoms with Crippen LogP contribution in [0.1, 0.15) is 17.5 Å². The van der Waals surface area contributed by atoms with E-state index in [4.69, 9.17) is 14.3 Å². The molecule has 2 heterocycles. The van der Waals surface area contributed by atoms with Crippen LogP contribution in [-0.4, -0.2) is 33.7 Å². The predicted molar refractivity (Wildman–Crippen MR) is 67.3 cm³/mol. The number of nitrogens with one attached hydrogen (secondary N) is 1. The van der Waals surface area contributed by atoms with Gasteiger partial charge in [-0.2, -0.15) is 0 Å². The number of anilines is 1. The van der Waals surface area contributed by atoms with Crippen molar-refractivity contribution in [1.29, 1.82) is 0 Å². The third-order valence-corrected chi connectivity index (χ3v) is 2.22. The minimum atomic E-state index is -1.23. The molecule has 0 saturated heterocycles. The standard InChI is InChI=1S/C12H11N3O5/c1-2-19-11(16)8-6-14-10(20-8)7-3-4-13-9(5-7)15-12(17)18/h3-6H,2H2,1H3,(H,13,15)(H,17,18). The second-order valence-corrected chi connectivity index (χ2v) is 3.61. The van der Waals surface area contributed by atoms with Gasteiger partial charge in [0.2, 0.25) is 11.7 Å². The quantitative estimate of drug-likeness (QED) is 0.821. The zero-order valence-corrected chi connectivity index (χ0v) is 10.5. The van der Waals surface area contributed by atoms with Gasteiger partial charge < -0.3 is 14.3 Å². The van der Waals surface area contributed by atoms with Gasteiger partial charge in [0.15, 0.2) is 0 Å². The Morgan fingerprint density at radius 3 is 2.95 bits per heavy atom. The first-order valence-corrected chi connectivity index (χ1v) is 5.69. The second-order valence-electron chi connectivity index (χ2n) is 3.61. The number of carbonyl (C=O) groups is 2. The molecular weight excluding hydrogens is 266 g/mol. The van der Waals surface area contributed by atoms with Crippen molar-refractivity contribution in [2.24, 2.45) is 0 Å². The lowest BCUT2D eigenvalue weighted by Crippen LogP contribution is -2.08. The normalized spacial score (nSPS) is 10.1. The number of oxazole rings is 1. The molecule has 2 aromatic rings. The van der Waals surface area contributed by atoms with Gasteiger partial charge in [0.1, 0.15) is 5.82 Å². The van der Waals surface area contributed by atoms with E-state index in [2.05, 4.69) is 15.3 Å². The lowest BCUT2D eigenvalue weighted by molar-refractivity contribution is 0.0491. The van der Waals surface area contributed by atoms with E-state index >= 15 is 0 Å². The topological polar surface area (TPSA) is 115 Å². The van der Waals surface area contributed by atoms with Crippen LogP contribution in [0.5, 0.6) is 0 Å². The van der Waals surface area contributed by atoms with E-state index in [0.29, 0.717) is 5.56 Å². The maximum absolute atomic E-state index is 11.4. The molecule has 2 rings (SSSR count). The lowest BCUT2D eigenvalue weighted by Gasteiger charge is -2.01. The Morgan fingerprint density at radius 2 is 2.25 bits per heavy atom. The number of nitrogens with zero attached hydrogens (tertiary/aromatic N) is 2. The largest absolute Gasteiger partial charge is 0.465 e. The third kappa shape index (κ3) is 3.10. The molecule has 0 bridgehead atoms. The molecule has 0 spiro atoms. The van der Waals surface area contributed by atoms with Crippen LogP contribution < -0.4 is 5.32 Å². The van der Waals surface area contributed by atoms with Crippen LogP contribution in [0.4, 0.5) is 10.6 Å². The highest BCUT2D eigenvalue weighted by Crippen LogP contribution is 2.21. The molecule has 2 N–H and O–H groups in total. The van der Waals surface area contributed by atoms with Gasteiger partial charge in [0, 0.05) is 11.8 Å². The van der Waals surface area contributed by atoms with Crippen LogP contribution in [0.2, 0.25) is 0 Å². The Balaban J connectivity index is 2.23. The van der Waals surface area contributed by atoms with E-state index in [-0.39, 0.29) is 24.1 Å². The number of amides is 1. The second kappa shape index (κ2) is 5.83. The van der Waals surface area contributed by atoms with Crippen molar-refractivity contribution < 1.29 is 23.8 Å². The van der Waals surface area contributed by atoms with Gasteiger partial charge >= 0.3 is 12.1 Å². The number of esters is 1. The molecule has 8 nitrogen and oxygen atoms in total. The van der Waals surface area contributed by atoms with Crippen LogP contribution in [0.25, 0.3) is 11.5 Å². The minimum absolute atomic E-state index is 0.0218. The first kappa shape index (κ1) is 13.5. The van der Waals surface area contributed by atoms with Crippen molar-refractivity contribution in [2.45, 2.75) is 6.92 Å². The summed E-state index contributed by atoms with van der Waals surface area (Å²) in [6.45, 7) is 1.92. The van der Waals surface area contributed by atoms with Crippen LogP contribution in [0.3, 0.4) is 0 Å². The van der Waals surface area contributed by atoms with Gasteiger partial charge in [-0.15, -0.1) is 0 Å². The predicted octanol–water partition coefficient (Wildman–Crippen LogP) is 2.00. The Hall–Kier alpha value is -2.90. The molecule has 0 aliphatic carbocycles. The van der Waals surface area contributed by atoms with Gasteiger partial charge in [-0.25, -0.2) is 19.6 Å². The Bertz CT molecular complexity index is 638. The zero-order chi connectivity index (χ0) is 14.5. The first-order valence-electron chi connectivity index (χ1n) is 5.69. The molecule has 0 atom stereocenters. The van der Waals surface area contributed by atoms with Gasteiger partial charge in [-0.3, -0.25) is 5.32 Å². The third-order valence-electron chi connectivity index (χ3n) is 2.22. The van der Waals surface area contributed by atoms with E-state index in [1.165, 1.54) is 18.5 Å². The molecular formula is C12H11N3O5. The van der Waals surface area contributed by atoms with Gasteiger partial charge in [-0.1, -0.05) is 0 Å². The Labute approximate surface area is 113 Å². The summed E-state index contributed by atoms with van der Waals surface area (Å²) in [6, 6.07) is 3.02. The van der Waals surface area contributed by atoms with E-state index in [1.807, 2.05) is 0 Å². The number of carbonyl (C=O) groups excluding carboxylic acids is 1. The highest BCUT2D eigenvalue weighted by atomic mass is 16.5. The van der Waals surface area contributed by atoms with E-state index in [9.17, 15) is 9.59 Å². The summed E-state index contributed by atoms with van der Waals surface area (Å²) >= 11 is 0. The molecule has 8 heteroatoms. The summed E-state index contributed by atoms with van der Waals surface area (Å²) in [7, 11) is 0. The van der Waals surface area contributed by atoms with Crippen LogP contribution in [0, 0.1) is 0 Å². The number of carboxylic acid groups (broad SMARTS) is 1. The maximum Gasteiger partial charge on any atom is 0.410 e. The van der Waals surface area contributed by atoms with Crippen molar-refractivity contribution in [3.8, 4) is 11.5 Å². The molecule has 104 valence electrons. The Kier molecular flexibility index (Phi) is 3.94. The summed E-state index contributed by atoms with van der Waals surface area (Å²) in [6.07, 6.45) is 1.42. The molecule has 0 unspecified atom stereocenters. The summed E-state index contributed by atoms with van der Waals surface area (Å²) in [5.41, 5.74) is 0.485. The monoisotopic (exact) mass is 277 g/mol. The van der Waals surface area contributed by atoms with E-state index in [0.717, 1.165) is 0 Å². The number of rotatable bonds is 4. The van der Waals surface area contributed by atoms with Crippen LogP contribution in [-0.2, 0) is 4.74 Å². The number of hydrogen-bond donors (Lipinski definition) is 2. The first-order chi connectivity index (χ1) is 9.60. The molecule has 0 radical (unpaired) electrons. The van der Waals surface area contributed by atoms with Crippen molar-refractivity contribution >= 4 is 17.9 Å². The van der Waals surface area contributed by atoms with Crippen molar-refractivity contribution in [3.05, 3.63) is 30.3 Å². The van der Waals surface area contributed by atoms with Crippen LogP contribution >= 0.6 is 0 Å². The van der Waals surface area contributed by atoms with Gasteiger partial charge in [0.25, 0.3) is 0 Å². The summed E-state index contributed by atoms with van der Waals surface area (Å²) in [5, 5.41) is 10.7. The number of hydrogen-bond acceptors (Lipinski definition) is 6. The van der Waals surface area contributed by atoms with Crippen molar-refractivity contribution in [3.63, 3.8) is 0 Å². The highest BCUT2D eigenvalue weighted by molar-refractivity contribution is 5.86. The fraction of sp³-hybridized carbons (Fsp3) is 0.167. The van der Waals surface area contributed by atoms with E-state index in [1.54, 1.807) is 13.0 Å². The average Bonchev–Trinajstić information content (AvgIpc) is 2.88. The average molecular weight is 277 g/mol. The van der Waals surface area contributed by atoms with Crippen LogP contribution in [0.15, 0.2) is 28.9 Å². The number of ether oxygens (including phenoxy) is 1. The van der Waals surface area contributed by atoms with Crippen molar-refractivity contribution in [1.82, 2.24) is 9.97 Å². The van der Waals surface area contributed by atoms with E-state index < -0.39 is 12.1 Å². The van der Waals surface area contributed by atoms with Gasteiger partial charge in [0.05, 0.1) is 12.8 Å². The minimum Gasteiger partial charge on any atom is -0.465 e. The fourth-order valence-electron chi connectivity index (χ4n) is 1.45. The van der Waals surface area contributed by atoms with Crippen molar-refractivity contribution in [2.75, 3.05) is 11.9 Å². The summed E-state index contributed by atoms with van der Waals surface area (Å²) in [5.74, 6) is -0.328. The zero-order valence-electron chi connectivity index (χ0n) is 10.5. The number of pyridine rings is 1. The molecule has 2 aromatic heterocycles. The molecule has 0 aromatic carbocycles. The fourth-order valence-corrected chi connectivity index (χ4v) is 1.45. The molecule has 0 fully saturated rings. The molecule has 0 aliphatic heterocycles.